The molecule has 0 saturated carbocycles. The van der Waals surface area contributed by atoms with Gasteiger partial charge in [0, 0.05) is 112 Å². The minimum atomic E-state index is -1.44. The van der Waals surface area contributed by atoms with E-state index < -0.39 is 179 Å². The van der Waals surface area contributed by atoms with Gasteiger partial charge in [-0.3, -0.25) is 62.3 Å². The Hall–Kier alpha value is -6.49. The molecule has 3 heterocycles. The maximum atomic E-state index is 14.0. The summed E-state index contributed by atoms with van der Waals surface area (Å²) in [7, 11) is 0. The van der Waals surface area contributed by atoms with E-state index in [1.54, 1.807) is 20.8 Å². The third-order valence-corrected chi connectivity index (χ3v) is 16.9. The molecule has 5 N–H and O–H groups in total. The van der Waals surface area contributed by atoms with Crippen LogP contribution in [0.25, 0.3) is 0 Å². The number of nitrogens with one attached hydrogen (secondary N) is 4. The fourth-order valence-corrected chi connectivity index (χ4v) is 13.3. The van der Waals surface area contributed by atoms with Crippen molar-refractivity contribution in [3.63, 3.8) is 0 Å². The van der Waals surface area contributed by atoms with E-state index in [0.717, 1.165) is 97.6 Å². The number of hydrogen-bond donors (Lipinski definition) is 5. The van der Waals surface area contributed by atoms with E-state index in [4.69, 9.17) is 56.8 Å². The number of carbonyl (C=O) groups is 14. The largest absolute Gasteiger partial charge is 0.480 e. The maximum Gasteiger partial charge on any atom is 0.326 e. The average Bonchev–Trinajstić information content (AvgIpc) is 0.878. The third-order valence-electron chi connectivity index (χ3n) is 13.5. The topological polar surface area (TPSA) is 418 Å². The molecule has 0 aromatic rings. The van der Waals surface area contributed by atoms with Crippen molar-refractivity contribution in [1.29, 1.82) is 0 Å². The Morgan fingerprint density at radius 1 is 0.363 bits per heavy atom. The summed E-state index contributed by atoms with van der Waals surface area (Å²) in [5.74, 6) is -9.89. The van der Waals surface area contributed by atoms with Gasteiger partial charge in [-0.1, -0.05) is 0 Å². The number of carbonyl (C=O) groups excluding carboxylic acids is 13. The van der Waals surface area contributed by atoms with Gasteiger partial charge >= 0.3 is 59.7 Å². The van der Waals surface area contributed by atoms with Gasteiger partial charge in [0.05, 0.1) is 18.3 Å². The first kappa shape index (κ1) is 78.8. The highest BCUT2D eigenvalue weighted by atomic mass is 32.2. The van der Waals surface area contributed by atoms with Gasteiger partial charge in [0.1, 0.15) is 28.4 Å². The molecule has 0 radical (unpaired) electrons. The molecule has 91 heavy (non-hydrogen) atoms. The first-order chi connectivity index (χ1) is 42.8. The van der Waals surface area contributed by atoms with Crippen LogP contribution in [0.5, 0.6) is 0 Å². The van der Waals surface area contributed by atoms with Crippen LogP contribution < -0.4 is 21.3 Å². The number of carboxylic acids is 1. The zero-order valence-corrected chi connectivity index (χ0v) is 55.5. The van der Waals surface area contributed by atoms with Gasteiger partial charge in [0.15, 0.2) is 54.9 Å². The lowest BCUT2D eigenvalue weighted by atomic mass is 10.00. The van der Waals surface area contributed by atoms with Gasteiger partial charge in [-0.2, -0.15) is 0 Å². The smallest absolute Gasteiger partial charge is 0.326 e. The molecule has 3 aliphatic rings. The number of carboxylic acid groups (broad SMARTS) is 1. The lowest BCUT2D eigenvalue weighted by Gasteiger charge is -2.43. The number of thioether (sulfide) groups is 3. The molecule has 514 valence electrons. The first-order valence-corrected chi connectivity index (χ1v) is 32.6. The van der Waals surface area contributed by atoms with Crippen molar-refractivity contribution in [2.24, 2.45) is 0 Å². The molecule has 4 amide bonds. The van der Waals surface area contributed by atoms with Crippen LogP contribution in [0.1, 0.15) is 141 Å². The van der Waals surface area contributed by atoms with Crippen molar-refractivity contribution in [2.75, 3.05) is 30.3 Å². The second kappa shape index (κ2) is 39.8. The van der Waals surface area contributed by atoms with E-state index in [0.29, 0.717) is 0 Å². The molecule has 31 nitrogen and oxygen atoms in total. The van der Waals surface area contributed by atoms with Crippen LogP contribution in [-0.4, -0.2) is 220 Å². The van der Waals surface area contributed by atoms with Crippen LogP contribution in [0, 0.1) is 0 Å². The quantitative estimate of drug-likeness (QED) is 0.0342. The van der Waals surface area contributed by atoms with Crippen molar-refractivity contribution in [3.05, 3.63) is 0 Å². The van der Waals surface area contributed by atoms with Gasteiger partial charge in [0.25, 0.3) is 0 Å². The molecule has 3 fully saturated rings. The monoisotopic (exact) mass is 1350 g/mol. The van der Waals surface area contributed by atoms with E-state index in [9.17, 15) is 72.2 Å². The van der Waals surface area contributed by atoms with Gasteiger partial charge in [-0.15, -0.1) is 35.3 Å². The number of amides is 4. The fraction of sp³-hybridized carbons (Fsp3) is 0.754. The van der Waals surface area contributed by atoms with Crippen LogP contribution in [0.2, 0.25) is 0 Å². The predicted molar refractivity (Wildman–Crippen MR) is 319 cm³/mol. The lowest BCUT2D eigenvalue weighted by Crippen LogP contribution is -2.59. The van der Waals surface area contributed by atoms with E-state index >= 15 is 0 Å². The number of unbranched alkanes of at least 4 members (excludes halogenated alkanes) is 2. The summed E-state index contributed by atoms with van der Waals surface area (Å²) < 4.78 is 66.9. The highest BCUT2D eigenvalue weighted by Crippen LogP contribution is 2.37. The average molecular weight is 1360 g/mol. The number of esters is 9. The van der Waals surface area contributed by atoms with Crippen molar-refractivity contribution in [2.45, 2.75) is 243 Å². The highest BCUT2D eigenvalue weighted by Gasteiger charge is 2.53. The summed E-state index contributed by atoms with van der Waals surface area (Å²) in [5.41, 5.74) is -2.89. The Morgan fingerprint density at radius 3 is 0.912 bits per heavy atom. The molecule has 3 aliphatic heterocycles. The normalized spacial score (nSPS) is 26.7. The predicted octanol–water partition coefficient (Wildman–Crippen LogP) is 1.60. The minimum Gasteiger partial charge on any atom is -0.480 e. The molecule has 0 aromatic carbocycles. The Morgan fingerprint density at radius 2 is 0.626 bits per heavy atom. The zero-order valence-electron chi connectivity index (χ0n) is 53.0. The zero-order chi connectivity index (χ0) is 68.2. The molecular formula is C57H86N4O27S3. The molecular weight excluding hydrogens is 1270 g/mol. The first-order valence-electron chi connectivity index (χ1n) is 29.5. The van der Waals surface area contributed by atoms with Gasteiger partial charge in [-0.05, 0) is 59.3 Å². The highest BCUT2D eigenvalue weighted by molar-refractivity contribution is 8.00. The van der Waals surface area contributed by atoms with E-state index in [-0.39, 0.29) is 94.0 Å². The van der Waals surface area contributed by atoms with Crippen LogP contribution in [0.15, 0.2) is 0 Å². The SMILES string of the molecule is CC(=O)O[C@@H]1[C@H](OC(C)=O)[C@H](C)O[C@H](SCCC(=O)NCCCC[C@H](NC(=O)[C@H](CCCCNC(=O)CCS[C@H]2O[C@@H](C)[C@@H](OC(C)=O)[C@@H](OC(C)=O)[C@@H]2OC(C)=O)NC(=O)CCS[C@H]2O[C@@H](C)[C@@H](OC(C)=O)[C@@H](OC(C)=O)[C@@H]2OC(C)=O)C(=O)O)[C@H]1OC(C)=O. The maximum absolute atomic E-state index is 14.0. The molecule has 0 aromatic heterocycles. The number of ether oxygens (including phenoxy) is 12. The molecule has 3 saturated heterocycles. The number of rotatable bonds is 35. The summed E-state index contributed by atoms with van der Waals surface area (Å²) in [6, 6.07) is -2.74. The molecule has 17 atom stereocenters. The standard InChI is InChI=1S/C57H86N4O27S3/c1-27-44(80-30(4)62)47(83-33(7)65)50(86-36(10)68)55(77-27)89-24-19-41(71)58-22-15-13-17-39(60-43(73)21-26-91-57-52(88-38(12)70)49(85-35(9)67)46(29(3)79-57)82-32(6)64)53(74)61-40(54(75)76)18-14-16-23-59-42(72)20-25-90-56-51(87-37(11)69)48(84-34(8)66)45(28(2)78-56)81-31(5)63/h27-29,39-40,44-52,55-57H,13-26H2,1-12H3,(H,58,71)(H,59,72)(H,60,73)(H,61,74)(H,75,76)/t27-,28-,29-,39-,40-,44+,45+,46+,47+,48+,49+,50-,51-,52-,55+,56+,57+/m0/s1. The minimum absolute atomic E-state index is 0.0160. The van der Waals surface area contributed by atoms with Gasteiger partial charge < -0.3 is 83.2 Å². The molecule has 0 unspecified atom stereocenters. The number of aliphatic carboxylic acids is 1. The Balaban J connectivity index is 1.65. The van der Waals surface area contributed by atoms with Crippen molar-refractivity contribution in [1.82, 2.24) is 21.3 Å². The van der Waals surface area contributed by atoms with Crippen molar-refractivity contribution >= 4 is 119 Å². The van der Waals surface area contributed by atoms with Crippen LogP contribution >= 0.6 is 35.3 Å². The van der Waals surface area contributed by atoms with Crippen LogP contribution in [0.4, 0.5) is 0 Å². The third kappa shape index (κ3) is 28.5. The molecule has 0 aliphatic carbocycles. The Labute approximate surface area is 539 Å². The molecule has 0 bridgehead atoms. The van der Waals surface area contributed by atoms with Crippen LogP contribution in [-0.2, 0) is 124 Å². The van der Waals surface area contributed by atoms with E-state index in [1.165, 1.54) is 0 Å². The number of hydrogen-bond acceptors (Lipinski definition) is 29. The van der Waals surface area contributed by atoms with Crippen molar-refractivity contribution in [3.8, 4) is 0 Å². The van der Waals surface area contributed by atoms with Crippen molar-refractivity contribution < 1.29 is 129 Å². The second-order valence-electron chi connectivity index (χ2n) is 21.4. The van der Waals surface area contributed by atoms with Crippen LogP contribution in [0.3, 0.4) is 0 Å². The fourth-order valence-electron chi connectivity index (χ4n) is 9.76. The Bertz CT molecular complexity index is 2550. The van der Waals surface area contributed by atoms with E-state index in [1.807, 2.05) is 0 Å². The van der Waals surface area contributed by atoms with Gasteiger partial charge in [-0.25, -0.2) is 4.79 Å². The molecule has 34 heteroatoms. The van der Waals surface area contributed by atoms with Gasteiger partial charge in [0.2, 0.25) is 23.6 Å². The summed E-state index contributed by atoms with van der Waals surface area (Å²) in [6.07, 6.45) is -12.7. The summed E-state index contributed by atoms with van der Waals surface area (Å²) >= 11 is 3.22. The summed E-state index contributed by atoms with van der Waals surface area (Å²) in [5, 5.41) is 20.9. The molecule has 3 rings (SSSR count). The molecule has 0 spiro atoms. The second-order valence-corrected chi connectivity index (χ2v) is 25.0. The summed E-state index contributed by atoms with van der Waals surface area (Å²) in [4.78, 5) is 175. The summed E-state index contributed by atoms with van der Waals surface area (Å²) in [6.45, 7) is 15.2. The van der Waals surface area contributed by atoms with E-state index in [2.05, 4.69) is 21.3 Å². The Kier molecular flexibility index (Phi) is 34.4. The lowest BCUT2D eigenvalue weighted by molar-refractivity contribution is -0.229.